The fourth-order valence-electron chi connectivity index (χ4n) is 2.48. The first-order valence-electron chi connectivity index (χ1n) is 5.55. The largest absolute Gasteiger partial charge is 0.240 e. The summed E-state index contributed by atoms with van der Waals surface area (Å²) in [4.78, 5) is 8.87. The van der Waals surface area contributed by atoms with Crippen LogP contribution in [0.25, 0.3) is 10.2 Å². The van der Waals surface area contributed by atoms with Crippen LogP contribution in [-0.4, -0.2) is 9.97 Å². The first kappa shape index (κ1) is 9.28. The van der Waals surface area contributed by atoms with Crippen LogP contribution in [0.1, 0.15) is 42.9 Å². The summed E-state index contributed by atoms with van der Waals surface area (Å²) in [5, 5.41) is 2.19. The lowest BCUT2D eigenvalue weighted by Crippen LogP contribution is -1.97. The molecule has 0 unspecified atom stereocenters. The molecule has 0 aromatic carbocycles. The summed E-state index contributed by atoms with van der Waals surface area (Å²) in [6, 6.07) is 0. The lowest BCUT2D eigenvalue weighted by molar-refractivity contribution is 0.704. The molecule has 3 rings (SSSR count). The quantitative estimate of drug-likeness (QED) is 0.730. The molecule has 2 aromatic heterocycles. The van der Waals surface area contributed by atoms with E-state index in [1.54, 1.807) is 17.7 Å². The van der Waals surface area contributed by atoms with E-state index in [0.717, 1.165) is 5.52 Å². The fraction of sp³-hybridized carbons (Fsp3) is 0.500. The summed E-state index contributed by atoms with van der Waals surface area (Å²) in [5.74, 6) is 0.688. The Balaban J connectivity index is 2.17. The van der Waals surface area contributed by atoms with Gasteiger partial charge in [-0.05, 0) is 30.7 Å². The molecular formula is C12H14N2S. The zero-order chi connectivity index (χ0) is 10.3. The fourth-order valence-corrected chi connectivity index (χ4v) is 3.55. The van der Waals surface area contributed by atoms with E-state index in [-0.39, 0.29) is 0 Å². The second-order valence-electron chi connectivity index (χ2n) is 4.34. The number of thiophene rings is 1. The van der Waals surface area contributed by atoms with Crippen molar-refractivity contribution in [3.8, 4) is 0 Å². The standard InChI is InChI=1S/C12H14N2S/c1-8-6-15-12-10(8)13-7-14-11(12)9-4-2-3-5-9/h6-7,9H,2-5H2,1H3. The molecule has 2 nitrogen and oxygen atoms in total. The second-order valence-corrected chi connectivity index (χ2v) is 5.22. The number of rotatable bonds is 1. The monoisotopic (exact) mass is 218 g/mol. The van der Waals surface area contributed by atoms with Crippen molar-refractivity contribution in [1.29, 1.82) is 0 Å². The van der Waals surface area contributed by atoms with Gasteiger partial charge in [-0.3, -0.25) is 0 Å². The van der Waals surface area contributed by atoms with Crippen LogP contribution in [0, 0.1) is 6.92 Å². The van der Waals surface area contributed by atoms with Crippen molar-refractivity contribution in [2.45, 2.75) is 38.5 Å². The average Bonchev–Trinajstić information content (AvgIpc) is 2.88. The van der Waals surface area contributed by atoms with Crippen LogP contribution in [0.15, 0.2) is 11.7 Å². The Morgan fingerprint density at radius 2 is 2.07 bits per heavy atom. The van der Waals surface area contributed by atoms with E-state index in [0.29, 0.717) is 5.92 Å². The van der Waals surface area contributed by atoms with Gasteiger partial charge in [-0.15, -0.1) is 11.3 Å². The van der Waals surface area contributed by atoms with E-state index >= 15 is 0 Å². The smallest absolute Gasteiger partial charge is 0.116 e. The molecule has 2 heterocycles. The van der Waals surface area contributed by atoms with Gasteiger partial charge in [-0.1, -0.05) is 12.8 Å². The van der Waals surface area contributed by atoms with E-state index in [4.69, 9.17) is 0 Å². The highest BCUT2D eigenvalue weighted by atomic mass is 32.1. The Hall–Kier alpha value is -0.960. The molecule has 2 aromatic rings. The first-order valence-corrected chi connectivity index (χ1v) is 6.43. The molecule has 15 heavy (non-hydrogen) atoms. The molecule has 0 saturated heterocycles. The van der Waals surface area contributed by atoms with Crippen LogP contribution >= 0.6 is 11.3 Å². The van der Waals surface area contributed by atoms with Gasteiger partial charge in [0.05, 0.1) is 15.9 Å². The number of aryl methyl sites for hydroxylation is 1. The van der Waals surface area contributed by atoms with Crippen molar-refractivity contribution >= 4 is 21.6 Å². The maximum Gasteiger partial charge on any atom is 0.116 e. The third-order valence-corrected chi connectivity index (χ3v) is 4.41. The molecule has 78 valence electrons. The van der Waals surface area contributed by atoms with Gasteiger partial charge in [0.2, 0.25) is 0 Å². The molecular weight excluding hydrogens is 204 g/mol. The van der Waals surface area contributed by atoms with Gasteiger partial charge in [0.15, 0.2) is 0 Å². The summed E-state index contributed by atoms with van der Waals surface area (Å²) in [7, 11) is 0. The average molecular weight is 218 g/mol. The molecule has 1 aliphatic carbocycles. The molecule has 1 aliphatic rings. The van der Waals surface area contributed by atoms with E-state index in [1.165, 1.54) is 41.6 Å². The lowest BCUT2D eigenvalue weighted by atomic mass is 10.0. The molecule has 1 fully saturated rings. The first-order chi connectivity index (χ1) is 7.36. The highest BCUT2D eigenvalue weighted by Gasteiger charge is 2.21. The van der Waals surface area contributed by atoms with Gasteiger partial charge in [-0.2, -0.15) is 0 Å². The summed E-state index contributed by atoms with van der Waals surface area (Å²) < 4.78 is 1.32. The van der Waals surface area contributed by atoms with Crippen LogP contribution < -0.4 is 0 Å². The summed E-state index contributed by atoms with van der Waals surface area (Å²) in [6.07, 6.45) is 7.07. The van der Waals surface area contributed by atoms with Crippen LogP contribution in [0.2, 0.25) is 0 Å². The molecule has 0 atom stereocenters. The van der Waals surface area contributed by atoms with Crippen LogP contribution in [0.3, 0.4) is 0 Å². The number of aromatic nitrogens is 2. The van der Waals surface area contributed by atoms with Gasteiger partial charge in [0.25, 0.3) is 0 Å². The molecule has 3 heteroatoms. The van der Waals surface area contributed by atoms with Gasteiger partial charge in [0.1, 0.15) is 6.33 Å². The minimum absolute atomic E-state index is 0.688. The molecule has 0 aliphatic heterocycles. The number of hydrogen-bond acceptors (Lipinski definition) is 3. The molecule has 0 spiro atoms. The normalized spacial score (nSPS) is 17.7. The predicted octanol–water partition coefficient (Wildman–Crippen LogP) is 3.66. The van der Waals surface area contributed by atoms with Crippen molar-refractivity contribution in [2.24, 2.45) is 0 Å². The van der Waals surface area contributed by atoms with E-state index in [9.17, 15) is 0 Å². The van der Waals surface area contributed by atoms with Crippen molar-refractivity contribution in [3.05, 3.63) is 23.0 Å². The number of hydrogen-bond donors (Lipinski definition) is 0. The molecule has 0 N–H and O–H groups in total. The van der Waals surface area contributed by atoms with Crippen LogP contribution in [0.4, 0.5) is 0 Å². The third-order valence-electron chi connectivity index (χ3n) is 3.30. The Morgan fingerprint density at radius 3 is 2.87 bits per heavy atom. The third kappa shape index (κ3) is 1.46. The number of fused-ring (bicyclic) bond motifs is 1. The maximum atomic E-state index is 4.50. The zero-order valence-corrected chi connectivity index (χ0v) is 9.68. The van der Waals surface area contributed by atoms with Gasteiger partial charge in [0, 0.05) is 5.92 Å². The summed E-state index contributed by atoms with van der Waals surface area (Å²) in [6.45, 7) is 2.13. The van der Waals surface area contributed by atoms with Crippen molar-refractivity contribution in [1.82, 2.24) is 9.97 Å². The van der Waals surface area contributed by atoms with Gasteiger partial charge in [-0.25, -0.2) is 9.97 Å². The Bertz CT molecular complexity index is 483. The predicted molar refractivity (Wildman–Crippen MR) is 63.4 cm³/mol. The topological polar surface area (TPSA) is 25.8 Å². The maximum absolute atomic E-state index is 4.50. The summed E-state index contributed by atoms with van der Waals surface area (Å²) in [5.41, 5.74) is 3.75. The highest BCUT2D eigenvalue weighted by Crippen LogP contribution is 2.38. The Labute approximate surface area is 93.4 Å². The van der Waals surface area contributed by atoms with E-state index < -0.39 is 0 Å². The molecule has 0 radical (unpaired) electrons. The van der Waals surface area contributed by atoms with Crippen molar-refractivity contribution in [3.63, 3.8) is 0 Å². The Kier molecular flexibility index (Phi) is 2.20. The van der Waals surface area contributed by atoms with Gasteiger partial charge >= 0.3 is 0 Å². The Morgan fingerprint density at radius 1 is 1.27 bits per heavy atom. The molecule has 1 saturated carbocycles. The minimum Gasteiger partial charge on any atom is -0.240 e. The van der Waals surface area contributed by atoms with Crippen molar-refractivity contribution < 1.29 is 0 Å². The van der Waals surface area contributed by atoms with Crippen LogP contribution in [0.5, 0.6) is 0 Å². The lowest BCUT2D eigenvalue weighted by Gasteiger charge is -2.08. The molecule has 0 amide bonds. The van der Waals surface area contributed by atoms with Gasteiger partial charge < -0.3 is 0 Å². The second kappa shape index (κ2) is 3.56. The van der Waals surface area contributed by atoms with E-state index in [2.05, 4.69) is 22.3 Å². The van der Waals surface area contributed by atoms with E-state index in [1.807, 2.05) is 0 Å². The molecule has 0 bridgehead atoms. The SMILES string of the molecule is Cc1csc2c(C3CCCC3)ncnc12. The highest BCUT2D eigenvalue weighted by molar-refractivity contribution is 7.17. The summed E-state index contributed by atoms with van der Waals surface area (Å²) >= 11 is 1.80. The van der Waals surface area contributed by atoms with Crippen LogP contribution in [-0.2, 0) is 0 Å². The minimum atomic E-state index is 0.688. The number of nitrogens with zero attached hydrogens (tertiary/aromatic N) is 2. The zero-order valence-electron chi connectivity index (χ0n) is 8.86. The van der Waals surface area contributed by atoms with Crippen molar-refractivity contribution in [2.75, 3.05) is 0 Å².